The van der Waals surface area contributed by atoms with Gasteiger partial charge in [-0.15, -0.1) is 0 Å². The lowest BCUT2D eigenvalue weighted by Crippen LogP contribution is -2.50. The summed E-state index contributed by atoms with van der Waals surface area (Å²) < 4.78 is 6.40. The molecule has 2 fully saturated rings. The van der Waals surface area contributed by atoms with E-state index in [0.29, 0.717) is 19.1 Å². The number of anilines is 1. The fourth-order valence-corrected chi connectivity index (χ4v) is 2.73. The quantitative estimate of drug-likeness (QED) is 0.856. The van der Waals surface area contributed by atoms with E-state index in [9.17, 15) is 5.11 Å². The maximum atomic E-state index is 9.26. The van der Waals surface area contributed by atoms with Crippen molar-refractivity contribution in [1.82, 2.24) is 9.97 Å². The lowest BCUT2D eigenvalue weighted by molar-refractivity contribution is -0.0106. The fraction of sp³-hybridized carbons (Fsp3) is 0.692. The maximum absolute atomic E-state index is 9.26. The van der Waals surface area contributed by atoms with E-state index in [-0.39, 0.29) is 18.8 Å². The standard InChI is InChI=1S/C13H18BrN3O2/c1-8-7-19-10(6-18)5-17(8)12-4-11(14)15-13(16-12)9-2-3-9/h4,8-10,18H,2-3,5-7H2,1H3. The summed E-state index contributed by atoms with van der Waals surface area (Å²) in [7, 11) is 0. The molecule has 0 aromatic carbocycles. The van der Waals surface area contributed by atoms with E-state index < -0.39 is 0 Å². The van der Waals surface area contributed by atoms with E-state index in [1.165, 1.54) is 12.8 Å². The molecule has 1 saturated heterocycles. The Morgan fingerprint density at radius 2 is 2.26 bits per heavy atom. The monoisotopic (exact) mass is 327 g/mol. The molecule has 2 unspecified atom stereocenters. The van der Waals surface area contributed by atoms with Crippen LogP contribution in [0.3, 0.4) is 0 Å². The van der Waals surface area contributed by atoms with Crippen LogP contribution in [0.5, 0.6) is 0 Å². The first-order chi connectivity index (χ1) is 9.17. The van der Waals surface area contributed by atoms with E-state index in [1.807, 2.05) is 6.07 Å². The summed E-state index contributed by atoms with van der Waals surface area (Å²) in [6.45, 7) is 3.45. The van der Waals surface area contributed by atoms with Crippen molar-refractivity contribution in [2.24, 2.45) is 0 Å². The summed E-state index contributed by atoms with van der Waals surface area (Å²) in [5.41, 5.74) is 0. The molecule has 1 aliphatic heterocycles. The summed E-state index contributed by atoms with van der Waals surface area (Å²) in [5, 5.41) is 9.26. The van der Waals surface area contributed by atoms with Gasteiger partial charge in [-0.05, 0) is 35.7 Å². The normalized spacial score (nSPS) is 27.6. The van der Waals surface area contributed by atoms with Crippen molar-refractivity contribution in [2.45, 2.75) is 37.8 Å². The van der Waals surface area contributed by atoms with Gasteiger partial charge in [-0.25, -0.2) is 9.97 Å². The van der Waals surface area contributed by atoms with Gasteiger partial charge >= 0.3 is 0 Å². The minimum absolute atomic E-state index is 0.0466. The Kier molecular flexibility index (Phi) is 3.73. The largest absolute Gasteiger partial charge is 0.394 e. The first kappa shape index (κ1) is 13.3. The van der Waals surface area contributed by atoms with Gasteiger partial charge in [0.05, 0.1) is 25.4 Å². The van der Waals surface area contributed by atoms with Crippen molar-refractivity contribution in [2.75, 3.05) is 24.7 Å². The zero-order valence-corrected chi connectivity index (χ0v) is 12.5. The zero-order chi connectivity index (χ0) is 13.4. The highest BCUT2D eigenvalue weighted by molar-refractivity contribution is 9.10. The molecule has 6 heteroatoms. The predicted octanol–water partition coefficient (Wildman–Crippen LogP) is 1.70. The first-order valence-electron chi connectivity index (χ1n) is 6.71. The Morgan fingerprint density at radius 1 is 1.47 bits per heavy atom. The third-order valence-corrected chi connectivity index (χ3v) is 4.05. The molecule has 1 aliphatic carbocycles. The molecule has 0 spiro atoms. The second-order valence-corrected chi connectivity index (χ2v) is 6.13. The molecule has 1 N–H and O–H groups in total. The summed E-state index contributed by atoms with van der Waals surface area (Å²) >= 11 is 3.47. The van der Waals surface area contributed by atoms with Gasteiger partial charge < -0.3 is 14.7 Å². The number of aliphatic hydroxyl groups is 1. The predicted molar refractivity (Wildman–Crippen MR) is 75.3 cm³/mol. The van der Waals surface area contributed by atoms with Gasteiger partial charge in [0.25, 0.3) is 0 Å². The number of rotatable bonds is 3. The molecule has 0 amide bonds. The minimum atomic E-state index is -0.130. The average Bonchev–Trinajstić information content (AvgIpc) is 3.23. The molecule has 0 radical (unpaired) electrons. The van der Waals surface area contributed by atoms with Gasteiger partial charge in [-0.3, -0.25) is 0 Å². The molecular weight excluding hydrogens is 310 g/mol. The number of hydrogen-bond acceptors (Lipinski definition) is 5. The van der Waals surface area contributed by atoms with Crippen LogP contribution in [0.1, 0.15) is 31.5 Å². The van der Waals surface area contributed by atoms with Crippen molar-refractivity contribution < 1.29 is 9.84 Å². The topological polar surface area (TPSA) is 58.5 Å². The highest BCUT2D eigenvalue weighted by atomic mass is 79.9. The highest BCUT2D eigenvalue weighted by Crippen LogP contribution is 2.39. The van der Waals surface area contributed by atoms with Crippen LogP contribution >= 0.6 is 15.9 Å². The third kappa shape index (κ3) is 2.90. The minimum Gasteiger partial charge on any atom is -0.394 e. The Bertz CT molecular complexity index is 467. The molecule has 1 aromatic rings. The van der Waals surface area contributed by atoms with Crippen molar-refractivity contribution >= 4 is 21.7 Å². The molecule has 2 heterocycles. The zero-order valence-electron chi connectivity index (χ0n) is 10.9. The van der Waals surface area contributed by atoms with Gasteiger partial charge in [0, 0.05) is 18.5 Å². The maximum Gasteiger partial charge on any atom is 0.135 e. The van der Waals surface area contributed by atoms with E-state index >= 15 is 0 Å². The van der Waals surface area contributed by atoms with E-state index in [1.54, 1.807) is 0 Å². The average molecular weight is 328 g/mol. The molecule has 2 atom stereocenters. The van der Waals surface area contributed by atoms with E-state index in [4.69, 9.17) is 4.74 Å². The number of hydrogen-bond donors (Lipinski definition) is 1. The molecule has 1 saturated carbocycles. The van der Waals surface area contributed by atoms with Crippen LogP contribution in [-0.4, -0.2) is 47.0 Å². The van der Waals surface area contributed by atoms with Crippen LogP contribution in [0.25, 0.3) is 0 Å². The molecule has 2 aliphatic rings. The van der Waals surface area contributed by atoms with Crippen LogP contribution < -0.4 is 4.90 Å². The van der Waals surface area contributed by atoms with Crippen molar-refractivity contribution in [1.29, 1.82) is 0 Å². The first-order valence-corrected chi connectivity index (χ1v) is 7.50. The van der Waals surface area contributed by atoms with Crippen LogP contribution in [-0.2, 0) is 4.74 Å². The number of nitrogens with zero attached hydrogens (tertiary/aromatic N) is 3. The second-order valence-electron chi connectivity index (χ2n) is 5.32. The van der Waals surface area contributed by atoms with Crippen LogP contribution in [0, 0.1) is 0 Å². The second kappa shape index (κ2) is 5.34. The molecule has 5 nitrogen and oxygen atoms in total. The molecular formula is C13H18BrN3O2. The van der Waals surface area contributed by atoms with Crippen molar-refractivity contribution in [3.63, 3.8) is 0 Å². The Labute approximate surface area is 121 Å². The molecule has 1 aromatic heterocycles. The van der Waals surface area contributed by atoms with Crippen LogP contribution in [0.2, 0.25) is 0 Å². The molecule has 3 rings (SSSR count). The Morgan fingerprint density at radius 3 is 2.95 bits per heavy atom. The van der Waals surface area contributed by atoms with E-state index in [2.05, 4.69) is 37.7 Å². The molecule has 19 heavy (non-hydrogen) atoms. The number of ether oxygens (including phenoxy) is 1. The number of halogens is 1. The van der Waals surface area contributed by atoms with Crippen molar-refractivity contribution in [3.8, 4) is 0 Å². The van der Waals surface area contributed by atoms with E-state index in [0.717, 1.165) is 16.2 Å². The van der Waals surface area contributed by atoms with Gasteiger partial charge in [-0.1, -0.05) is 0 Å². The highest BCUT2D eigenvalue weighted by Gasteiger charge is 2.30. The van der Waals surface area contributed by atoms with Crippen LogP contribution in [0.4, 0.5) is 5.82 Å². The Hall–Kier alpha value is -0.720. The Balaban J connectivity index is 1.86. The number of aromatic nitrogens is 2. The lowest BCUT2D eigenvalue weighted by atomic mass is 10.2. The van der Waals surface area contributed by atoms with Crippen LogP contribution in [0.15, 0.2) is 10.7 Å². The molecule has 104 valence electrons. The third-order valence-electron chi connectivity index (χ3n) is 3.64. The van der Waals surface area contributed by atoms with Gasteiger partial charge in [-0.2, -0.15) is 0 Å². The summed E-state index contributed by atoms with van der Waals surface area (Å²) in [6.07, 6.45) is 2.25. The SMILES string of the molecule is CC1COC(CO)CN1c1cc(Br)nc(C2CC2)n1. The fourth-order valence-electron chi connectivity index (χ4n) is 2.34. The lowest BCUT2D eigenvalue weighted by Gasteiger charge is -2.38. The smallest absolute Gasteiger partial charge is 0.135 e. The van der Waals surface area contributed by atoms with Gasteiger partial charge in [0.2, 0.25) is 0 Å². The summed E-state index contributed by atoms with van der Waals surface area (Å²) in [4.78, 5) is 11.3. The van der Waals surface area contributed by atoms with Gasteiger partial charge in [0.15, 0.2) is 0 Å². The summed E-state index contributed by atoms with van der Waals surface area (Å²) in [6, 6.07) is 2.21. The van der Waals surface area contributed by atoms with Crippen molar-refractivity contribution in [3.05, 3.63) is 16.5 Å². The molecule has 0 bridgehead atoms. The van der Waals surface area contributed by atoms with Gasteiger partial charge in [0.1, 0.15) is 16.2 Å². The summed E-state index contributed by atoms with van der Waals surface area (Å²) in [5.74, 6) is 2.39. The number of morpholine rings is 1. The number of aliphatic hydroxyl groups excluding tert-OH is 1.